The minimum absolute atomic E-state index is 0.0572. The molecule has 0 aliphatic heterocycles. The topological polar surface area (TPSA) is 57.5 Å². The summed E-state index contributed by atoms with van der Waals surface area (Å²) in [5.74, 6) is -1.28. The minimum Gasteiger partial charge on any atom is -0.479 e. The second kappa shape index (κ2) is 4.39. The zero-order valence-electron chi connectivity index (χ0n) is 8.00. The molecule has 0 aliphatic carbocycles. The molecule has 1 aromatic carbocycles. The van der Waals surface area contributed by atoms with Crippen molar-refractivity contribution in [3.63, 3.8) is 0 Å². The standard InChI is InChI=1S/C10H10Cl2O3/c1-10(15,9(13)14)5-6-2-3-7(11)4-8(6)12/h2-4,15H,5H2,1H3,(H,13,14). The first-order valence-electron chi connectivity index (χ1n) is 4.22. The first-order chi connectivity index (χ1) is 6.83. The number of hydrogen-bond acceptors (Lipinski definition) is 2. The molecule has 0 amide bonds. The summed E-state index contributed by atoms with van der Waals surface area (Å²) in [5, 5.41) is 19.1. The molecule has 0 bridgehead atoms. The predicted molar refractivity (Wildman–Crippen MR) is 58.4 cm³/mol. The van der Waals surface area contributed by atoms with Gasteiger partial charge in [-0.2, -0.15) is 0 Å². The van der Waals surface area contributed by atoms with Crippen LogP contribution in [0.2, 0.25) is 10.0 Å². The smallest absolute Gasteiger partial charge is 0.335 e. The molecule has 0 saturated heterocycles. The highest BCUT2D eigenvalue weighted by atomic mass is 35.5. The number of hydrogen-bond donors (Lipinski definition) is 2. The van der Waals surface area contributed by atoms with E-state index in [1.165, 1.54) is 13.0 Å². The third kappa shape index (κ3) is 3.09. The summed E-state index contributed by atoms with van der Waals surface area (Å²) in [6.45, 7) is 1.22. The lowest BCUT2D eigenvalue weighted by Crippen LogP contribution is -2.37. The molecule has 5 heteroatoms. The van der Waals surface area contributed by atoms with Gasteiger partial charge in [-0.15, -0.1) is 0 Å². The van der Waals surface area contributed by atoms with Gasteiger partial charge in [0.25, 0.3) is 0 Å². The largest absolute Gasteiger partial charge is 0.479 e. The maximum absolute atomic E-state index is 10.7. The number of halogens is 2. The van der Waals surface area contributed by atoms with Crippen molar-refractivity contribution in [1.82, 2.24) is 0 Å². The van der Waals surface area contributed by atoms with E-state index in [1.54, 1.807) is 12.1 Å². The predicted octanol–water partition coefficient (Wildman–Crippen LogP) is 2.37. The van der Waals surface area contributed by atoms with Crippen molar-refractivity contribution in [3.8, 4) is 0 Å². The van der Waals surface area contributed by atoms with Crippen LogP contribution in [0, 0.1) is 0 Å². The minimum atomic E-state index is -1.82. The zero-order valence-corrected chi connectivity index (χ0v) is 9.51. The summed E-state index contributed by atoms with van der Waals surface area (Å²) < 4.78 is 0. The maximum atomic E-state index is 10.7. The van der Waals surface area contributed by atoms with Crippen LogP contribution >= 0.6 is 23.2 Å². The van der Waals surface area contributed by atoms with Gasteiger partial charge in [0.15, 0.2) is 5.60 Å². The SMILES string of the molecule is CC(O)(Cc1ccc(Cl)cc1Cl)C(=O)O. The summed E-state index contributed by atoms with van der Waals surface area (Å²) in [4.78, 5) is 10.7. The van der Waals surface area contributed by atoms with E-state index >= 15 is 0 Å². The fourth-order valence-corrected chi connectivity index (χ4v) is 1.59. The van der Waals surface area contributed by atoms with Gasteiger partial charge in [0.05, 0.1) is 0 Å². The lowest BCUT2D eigenvalue weighted by Gasteiger charge is -2.18. The van der Waals surface area contributed by atoms with Crippen LogP contribution in [-0.4, -0.2) is 21.8 Å². The lowest BCUT2D eigenvalue weighted by atomic mass is 9.97. The van der Waals surface area contributed by atoms with E-state index in [0.29, 0.717) is 15.6 Å². The summed E-state index contributed by atoms with van der Waals surface area (Å²) >= 11 is 11.5. The van der Waals surface area contributed by atoms with Crippen molar-refractivity contribution in [1.29, 1.82) is 0 Å². The number of carboxylic acids is 1. The van der Waals surface area contributed by atoms with Gasteiger partial charge in [0.1, 0.15) is 0 Å². The van der Waals surface area contributed by atoms with Gasteiger partial charge in [0, 0.05) is 16.5 Å². The van der Waals surface area contributed by atoms with Gasteiger partial charge >= 0.3 is 5.97 Å². The number of aliphatic carboxylic acids is 1. The molecule has 15 heavy (non-hydrogen) atoms. The molecular formula is C10H10Cl2O3. The lowest BCUT2D eigenvalue weighted by molar-refractivity contribution is -0.156. The van der Waals surface area contributed by atoms with E-state index in [2.05, 4.69) is 0 Å². The zero-order chi connectivity index (χ0) is 11.6. The molecule has 1 aromatic rings. The molecule has 0 fully saturated rings. The normalized spacial score (nSPS) is 14.7. The number of carboxylic acid groups (broad SMARTS) is 1. The van der Waals surface area contributed by atoms with E-state index in [-0.39, 0.29) is 6.42 Å². The molecule has 82 valence electrons. The molecule has 2 N–H and O–H groups in total. The molecule has 1 unspecified atom stereocenters. The molecule has 0 heterocycles. The highest BCUT2D eigenvalue weighted by Gasteiger charge is 2.30. The number of carbonyl (C=O) groups is 1. The van der Waals surface area contributed by atoms with Crippen LogP contribution in [0.4, 0.5) is 0 Å². The van der Waals surface area contributed by atoms with Gasteiger partial charge in [-0.1, -0.05) is 29.3 Å². The molecule has 1 atom stereocenters. The van der Waals surface area contributed by atoms with Crippen LogP contribution in [0.1, 0.15) is 12.5 Å². The van der Waals surface area contributed by atoms with Crippen molar-refractivity contribution < 1.29 is 15.0 Å². The fraction of sp³-hybridized carbons (Fsp3) is 0.300. The first-order valence-corrected chi connectivity index (χ1v) is 4.98. The number of rotatable bonds is 3. The van der Waals surface area contributed by atoms with Crippen LogP contribution in [0.5, 0.6) is 0 Å². The number of aliphatic hydroxyl groups is 1. The number of benzene rings is 1. The Labute approximate surface area is 97.2 Å². The van der Waals surface area contributed by atoms with Crippen molar-refractivity contribution in [2.75, 3.05) is 0 Å². The molecule has 0 aliphatic rings. The monoisotopic (exact) mass is 248 g/mol. The summed E-state index contributed by atoms with van der Waals surface area (Å²) in [7, 11) is 0. The molecule has 0 spiro atoms. The van der Waals surface area contributed by atoms with Crippen molar-refractivity contribution in [3.05, 3.63) is 33.8 Å². The van der Waals surface area contributed by atoms with Crippen LogP contribution in [0.25, 0.3) is 0 Å². The highest BCUT2D eigenvalue weighted by Crippen LogP contribution is 2.24. The van der Waals surface area contributed by atoms with Crippen LogP contribution in [0.15, 0.2) is 18.2 Å². The third-order valence-corrected chi connectivity index (χ3v) is 2.60. The second-order valence-corrected chi connectivity index (χ2v) is 4.34. The Morgan fingerprint density at radius 2 is 2.07 bits per heavy atom. The van der Waals surface area contributed by atoms with Crippen molar-refractivity contribution >= 4 is 29.2 Å². The quantitative estimate of drug-likeness (QED) is 0.864. The summed E-state index contributed by atoms with van der Waals surface area (Å²) in [6.07, 6.45) is -0.0572. The van der Waals surface area contributed by atoms with E-state index in [4.69, 9.17) is 28.3 Å². The molecule has 1 rings (SSSR count). The Kier molecular flexibility index (Phi) is 3.60. The van der Waals surface area contributed by atoms with Crippen LogP contribution < -0.4 is 0 Å². The summed E-state index contributed by atoms with van der Waals surface area (Å²) in [5.41, 5.74) is -1.27. The van der Waals surface area contributed by atoms with E-state index in [9.17, 15) is 9.90 Å². The maximum Gasteiger partial charge on any atom is 0.335 e. The highest BCUT2D eigenvalue weighted by molar-refractivity contribution is 6.35. The average Bonchev–Trinajstić information content (AvgIpc) is 2.09. The summed E-state index contributed by atoms with van der Waals surface area (Å²) in [6, 6.07) is 4.71. The Hall–Kier alpha value is -0.770. The molecule has 0 aromatic heterocycles. The fourth-order valence-electron chi connectivity index (χ4n) is 1.11. The van der Waals surface area contributed by atoms with Crippen LogP contribution in [0.3, 0.4) is 0 Å². The molecular weight excluding hydrogens is 239 g/mol. The van der Waals surface area contributed by atoms with E-state index in [0.717, 1.165) is 0 Å². The molecule has 0 radical (unpaired) electrons. The first kappa shape index (κ1) is 12.3. The Morgan fingerprint density at radius 3 is 2.53 bits per heavy atom. The Balaban J connectivity index is 2.95. The average molecular weight is 249 g/mol. The van der Waals surface area contributed by atoms with Gasteiger partial charge in [-0.05, 0) is 24.6 Å². The van der Waals surface area contributed by atoms with Gasteiger partial charge in [0.2, 0.25) is 0 Å². The van der Waals surface area contributed by atoms with E-state index < -0.39 is 11.6 Å². The van der Waals surface area contributed by atoms with Crippen LogP contribution in [-0.2, 0) is 11.2 Å². The molecule has 0 saturated carbocycles. The molecule has 3 nitrogen and oxygen atoms in total. The van der Waals surface area contributed by atoms with E-state index in [1.807, 2.05) is 0 Å². The second-order valence-electron chi connectivity index (χ2n) is 3.49. The van der Waals surface area contributed by atoms with Gasteiger partial charge in [-0.25, -0.2) is 4.79 Å². The Bertz CT molecular complexity index is 388. The Morgan fingerprint density at radius 1 is 1.47 bits per heavy atom. The van der Waals surface area contributed by atoms with Crippen molar-refractivity contribution in [2.45, 2.75) is 18.9 Å². The van der Waals surface area contributed by atoms with Gasteiger partial charge < -0.3 is 10.2 Å². The van der Waals surface area contributed by atoms with Crippen molar-refractivity contribution in [2.24, 2.45) is 0 Å². The third-order valence-electron chi connectivity index (χ3n) is 2.01. The van der Waals surface area contributed by atoms with Gasteiger partial charge in [-0.3, -0.25) is 0 Å².